The van der Waals surface area contributed by atoms with Crippen molar-refractivity contribution in [2.24, 2.45) is 0 Å². The van der Waals surface area contributed by atoms with Gasteiger partial charge in [-0.15, -0.1) is 0 Å². The van der Waals surface area contributed by atoms with E-state index in [1.165, 1.54) is 7.11 Å². The zero-order valence-electron chi connectivity index (χ0n) is 10.7. The Kier molecular flexibility index (Phi) is 6.36. The van der Waals surface area contributed by atoms with Crippen LogP contribution in [0.3, 0.4) is 0 Å². The van der Waals surface area contributed by atoms with E-state index in [9.17, 15) is 8.42 Å². The molecule has 6 heteroatoms. The largest absolute Gasteiger partial charge is 0.395 e. The van der Waals surface area contributed by atoms with Crippen LogP contribution in [0.1, 0.15) is 12.0 Å². The second-order valence-corrected chi connectivity index (χ2v) is 5.61. The lowest BCUT2D eigenvalue weighted by Gasteiger charge is -2.07. The Labute approximate surface area is 113 Å². The predicted molar refractivity (Wildman–Crippen MR) is 74.3 cm³/mol. The van der Waals surface area contributed by atoms with Gasteiger partial charge in [0.15, 0.2) is 0 Å². The predicted octanol–water partition coefficient (Wildman–Crippen LogP) is 0.809. The standard InChI is InChI=1S/C13H17NO4S/c1-18-9-10-19(16,17)14-13-7-4-6-12(11-13)5-2-3-8-15/h4,6-7,11,14-15H,3,8-10H2,1H3. The molecule has 0 amide bonds. The number of ether oxygens (including phenoxy) is 1. The molecule has 0 aliphatic rings. The third kappa shape index (κ3) is 6.25. The Bertz CT molecular complexity index is 557. The molecule has 0 fully saturated rings. The summed E-state index contributed by atoms with van der Waals surface area (Å²) in [5.74, 6) is 5.53. The normalized spacial score (nSPS) is 10.6. The van der Waals surface area contributed by atoms with Crippen LogP contribution in [0, 0.1) is 11.8 Å². The van der Waals surface area contributed by atoms with Crippen molar-refractivity contribution in [3.63, 3.8) is 0 Å². The maximum atomic E-state index is 11.7. The molecule has 1 rings (SSSR count). The van der Waals surface area contributed by atoms with E-state index in [1.54, 1.807) is 24.3 Å². The van der Waals surface area contributed by atoms with E-state index in [-0.39, 0.29) is 19.0 Å². The maximum absolute atomic E-state index is 11.7. The first-order chi connectivity index (χ1) is 9.07. The molecule has 2 N–H and O–H groups in total. The van der Waals surface area contributed by atoms with Crippen LogP contribution < -0.4 is 4.72 Å². The van der Waals surface area contributed by atoms with Gasteiger partial charge in [0.25, 0.3) is 0 Å². The summed E-state index contributed by atoms with van der Waals surface area (Å²) in [5, 5.41) is 8.63. The summed E-state index contributed by atoms with van der Waals surface area (Å²) < 4.78 is 30.5. The van der Waals surface area contributed by atoms with E-state index in [1.807, 2.05) is 0 Å². The summed E-state index contributed by atoms with van der Waals surface area (Å²) in [7, 11) is -1.95. The molecule has 19 heavy (non-hydrogen) atoms. The first kappa shape index (κ1) is 15.5. The Balaban J connectivity index is 2.75. The third-order valence-electron chi connectivity index (χ3n) is 2.16. The zero-order valence-corrected chi connectivity index (χ0v) is 11.5. The van der Waals surface area contributed by atoms with E-state index < -0.39 is 10.0 Å². The lowest BCUT2D eigenvalue weighted by atomic mass is 10.2. The fourth-order valence-corrected chi connectivity index (χ4v) is 2.28. The van der Waals surface area contributed by atoms with Crippen LogP contribution in [0.5, 0.6) is 0 Å². The minimum absolute atomic E-state index is 0.0103. The number of sulfonamides is 1. The Hall–Kier alpha value is -1.55. The summed E-state index contributed by atoms with van der Waals surface area (Å²) in [5.41, 5.74) is 1.16. The number of nitrogens with one attached hydrogen (secondary N) is 1. The molecule has 1 aromatic rings. The van der Waals surface area contributed by atoms with Crippen molar-refractivity contribution in [2.45, 2.75) is 6.42 Å². The van der Waals surface area contributed by atoms with E-state index in [0.29, 0.717) is 17.7 Å². The smallest absolute Gasteiger partial charge is 0.234 e. The summed E-state index contributed by atoms with van der Waals surface area (Å²) in [6.45, 7) is 0.154. The van der Waals surface area contributed by atoms with Crippen LogP contribution in [0.2, 0.25) is 0 Å². The van der Waals surface area contributed by atoms with Gasteiger partial charge >= 0.3 is 0 Å². The quantitative estimate of drug-likeness (QED) is 0.758. The van der Waals surface area contributed by atoms with Gasteiger partial charge in [-0.2, -0.15) is 0 Å². The molecule has 0 saturated carbocycles. The number of rotatable bonds is 6. The topological polar surface area (TPSA) is 75.6 Å². The molecule has 1 aromatic carbocycles. The fourth-order valence-electron chi connectivity index (χ4n) is 1.30. The number of aliphatic hydroxyl groups excluding tert-OH is 1. The van der Waals surface area contributed by atoms with Gasteiger partial charge in [0.1, 0.15) is 0 Å². The molecule has 0 bridgehead atoms. The van der Waals surface area contributed by atoms with Gasteiger partial charge in [0, 0.05) is 24.8 Å². The number of benzene rings is 1. The van der Waals surface area contributed by atoms with Crippen molar-refractivity contribution in [1.82, 2.24) is 0 Å². The van der Waals surface area contributed by atoms with E-state index >= 15 is 0 Å². The summed E-state index contributed by atoms with van der Waals surface area (Å²) in [6, 6.07) is 6.80. The highest BCUT2D eigenvalue weighted by Crippen LogP contribution is 2.11. The minimum Gasteiger partial charge on any atom is -0.395 e. The van der Waals surface area contributed by atoms with Gasteiger partial charge in [0.2, 0.25) is 10.0 Å². The molecule has 0 atom stereocenters. The zero-order chi connectivity index (χ0) is 14.1. The molecule has 104 valence electrons. The van der Waals surface area contributed by atoms with Crippen molar-refractivity contribution in [3.8, 4) is 11.8 Å². The van der Waals surface area contributed by atoms with Gasteiger partial charge in [-0.25, -0.2) is 8.42 Å². The Morgan fingerprint density at radius 2 is 2.21 bits per heavy atom. The van der Waals surface area contributed by atoms with Crippen LogP contribution >= 0.6 is 0 Å². The van der Waals surface area contributed by atoms with Crippen LogP contribution in [-0.2, 0) is 14.8 Å². The van der Waals surface area contributed by atoms with E-state index in [4.69, 9.17) is 9.84 Å². The minimum atomic E-state index is -3.40. The first-order valence-electron chi connectivity index (χ1n) is 5.76. The highest BCUT2D eigenvalue weighted by molar-refractivity contribution is 7.92. The number of aliphatic hydroxyl groups is 1. The second kappa shape index (κ2) is 7.79. The SMILES string of the molecule is COCCS(=O)(=O)Nc1cccc(C#CCCO)c1. The monoisotopic (exact) mass is 283 g/mol. The molecule has 0 aromatic heterocycles. The van der Waals surface area contributed by atoms with E-state index in [0.717, 1.165) is 0 Å². The van der Waals surface area contributed by atoms with Crippen molar-refractivity contribution >= 4 is 15.7 Å². The molecule has 0 radical (unpaired) electrons. The highest BCUT2D eigenvalue weighted by atomic mass is 32.2. The highest BCUT2D eigenvalue weighted by Gasteiger charge is 2.09. The number of hydrogen-bond donors (Lipinski definition) is 2. The third-order valence-corrected chi connectivity index (χ3v) is 3.41. The molecule has 0 saturated heterocycles. The average molecular weight is 283 g/mol. The summed E-state index contributed by atoms with van der Waals surface area (Å²) in [4.78, 5) is 0. The van der Waals surface area contributed by atoms with Crippen molar-refractivity contribution in [1.29, 1.82) is 0 Å². The second-order valence-electron chi connectivity index (χ2n) is 3.77. The summed E-state index contributed by atoms with van der Waals surface area (Å²) >= 11 is 0. The summed E-state index contributed by atoms with van der Waals surface area (Å²) in [6.07, 6.45) is 0.393. The van der Waals surface area contributed by atoms with Crippen LogP contribution in [0.25, 0.3) is 0 Å². The van der Waals surface area contributed by atoms with Gasteiger partial charge in [0.05, 0.1) is 19.0 Å². The van der Waals surface area contributed by atoms with Crippen molar-refractivity contribution in [2.75, 3.05) is 30.8 Å². The molecule has 0 unspecified atom stereocenters. The van der Waals surface area contributed by atoms with Crippen LogP contribution in [0.4, 0.5) is 5.69 Å². The Morgan fingerprint density at radius 3 is 2.89 bits per heavy atom. The van der Waals surface area contributed by atoms with Crippen molar-refractivity contribution in [3.05, 3.63) is 29.8 Å². The molecule has 0 aliphatic heterocycles. The lowest BCUT2D eigenvalue weighted by molar-refractivity contribution is 0.217. The van der Waals surface area contributed by atoms with Gasteiger partial charge in [-0.3, -0.25) is 4.72 Å². The fraction of sp³-hybridized carbons (Fsp3) is 0.385. The molecule has 0 aliphatic carbocycles. The molecule has 0 heterocycles. The molecular weight excluding hydrogens is 266 g/mol. The molecule has 0 spiro atoms. The van der Waals surface area contributed by atoms with Crippen molar-refractivity contribution < 1.29 is 18.3 Å². The number of anilines is 1. The van der Waals surface area contributed by atoms with E-state index in [2.05, 4.69) is 16.6 Å². The average Bonchev–Trinajstić information content (AvgIpc) is 2.37. The molecular formula is C13H17NO4S. The van der Waals surface area contributed by atoms with Gasteiger partial charge in [-0.1, -0.05) is 17.9 Å². The number of methoxy groups -OCH3 is 1. The maximum Gasteiger partial charge on any atom is 0.234 e. The van der Waals surface area contributed by atoms with Gasteiger partial charge in [-0.05, 0) is 18.2 Å². The molecule has 5 nitrogen and oxygen atoms in total. The van der Waals surface area contributed by atoms with Crippen LogP contribution in [-0.4, -0.2) is 39.6 Å². The lowest BCUT2D eigenvalue weighted by Crippen LogP contribution is -2.19. The first-order valence-corrected chi connectivity index (χ1v) is 7.42. The Morgan fingerprint density at radius 1 is 1.42 bits per heavy atom. The van der Waals surface area contributed by atoms with Crippen LogP contribution in [0.15, 0.2) is 24.3 Å². The number of hydrogen-bond acceptors (Lipinski definition) is 4. The van der Waals surface area contributed by atoms with Gasteiger partial charge < -0.3 is 9.84 Å².